The molecule has 0 fully saturated rings. The molecule has 2 nitrogen and oxygen atoms in total. The average Bonchev–Trinajstić information content (AvgIpc) is 2.21. The minimum atomic E-state index is -0.231. The van der Waals surface area contributed by atoms with Crippen molar-refractivity contribution in [2.75, 3.05) is 6.61 Å². The summed E-state index contributed by atoms with van der Waals surface area (Å²) >= 11 is 0. The summed E-state index contributed by atoms with van der Waals surface area (Å²) in [4.78, 5) is 0. The van der Waals surface area contributed by atoms with Crippen molar-refractivity contribution in [3.8, 4) is 0 Å². The molecule has 0 aliphatic heterocycles. The van der Waals surface area contributed by atoms with E-state index in [1.54, 1.807) is 0 Å². The normalized spacial score (nSPS) is 13.0. The molecule has 0 saturated carbocycles. The molecule has 70 valence electrons. The third kappa shape index (κ3) is 3.25. The van der Waals surface area contributed by atoms with E-state index in [1.165, 1.54) is 5.56 Å². The maximum Gasteiger partial charge on any atom is 0.327 e. The Morgan fingerprint density at radius 2 is 2.08 bits per heavy atom. The minimum absolute atomic E-state index is 0.231. The van der Waals surface area contributed by atoms with E-state index in [1.807, 2.05) is 18.2 Å². The third-order valence-corrected chi connectivity index (χ3v) is 2.35. The fourth-order valence-electron chi connectivity index (χ4n) is 1.30. The van der Waals surface area contributed by atoms with Crippen LogP contribution in [0.15, 0.2) is 30.3 Å². The molecular formula is C10H13O2P. The first-order valence-corrected chi connectivity index (χ1v) is 5.11. The highest BCUT2D eigenvalue weighted by Crippen LogP contribution is 2.20. The van der Waals surface area contributed by atoms with Crippen LogP contribution in [0.4, 0.5) is 0 Å². The molecule has 1 rings (SSSR count). The summed E-state index contributed by atoms with van der Waals surface area (Å²) in [6.07, 6.45) is 1.000. The number of hydrogen-bond donors (Lipinski definition) is 0. The Morgan fingerprint density at radius 3 is 2.62 bits per heavy atom. The number of rotatable bonds is 5. The van der Waals surface area contributed by atoms with E-state index in [4.69, 9.17) is 4.52 Å². The molecule has 3 heteroatoms. The minimum Gasteiger partial charge on any atom is -0.294 e. The van der Waals surface area contributed by atoms with Gasteiger partial charge >= 0.3 is 8.69 Å². The van der Waals surface area contributed by atoms with Gasteiger partial charge in [-0.3, -0.25) is 4.52 Å². The summed E-state index contributed by atoms with van der Waals surface area (Å²) in [7, 11) is -0.231. The van der Waals surface area contributed by atoms with Gasteiger partial charge in [0.25, 0.3) is 0 Å². The van der Waals surface area contributed by atoms with E-state index in [-0.39, 0.29) is 8.69 Å². The van der Waals surface area contributed by atoms with Gasteiger partial charge in [0.2, 0.25) is 0 Å². The fourth-order valence-corrected chi connectivity index (χ4v) is 1.54. The zero-order valence-corrected chi connectivity index (χ0v) is 8.54. The summed E-state index contributed by atoms with van der Waals surface area (Å²) in [6, 6.07) is 10.1. The zero-order valence-electron chi connectivity index (χ0n) is 7.64. The van der Waals surface area contributed by atoms with Crippen LogP contribution in [0.5, 0.6) is 0 Å². The molecule has 0 bridgehead atoms. The highest BCUT2D eigenvalue weighted by molar-refractivity contribution is 7.17. The largest absolute Gasteiger partial charge is 0.327 e. The molecule has 1 unspecified atom stereocenters. The Balaban J connectivity index is 2.61. The van der Waals surface area contributed by atoms with Crippen LogP contribution < -0.4 is 0 Å². The Bertz CT molecular complexity index is 248. The van der Waals surface area contributed by atoms with E-state index in [2.05, 4.69) is 19.1 Å². The molecule has 0 radical (unpaired) electrons. The lowest BCUT2D eigenvalue weighted by atomic mass is 9.98. The molecule has 0 aliphatic carbocycles. The number of hydrogen-bond acceptors (Lipinski definition) is 2. The van der Waals surface area contributed by atoms with Crippen molar-refractivity contribution in [1.82, 2.24) is 0 Å². The van der Waals surface area contributed by atoms with Gasteiger partial charge in [0.1, 0.15) is 0 Å². The van der Waals surface area contributed by atoms with Crippen LogP contribution in [-0.4, -0.2) is 6.61 Å². The maximum absolute atomic E-state index is 10.1. The van der Waals surface area contributed by atoms with Gasteiger partial charge in [0.15, 0.2) is 0 Å². The molecule has 1 atom stereocenters. The lowest BCUT2D eigenvalue weighted by Crippen LogP contribution is -2.02. The molecule has 13 heavy (non-hydrogen) atoms. The second kappa shape index (κ2) is 5.85. The summed E-state index contributed by atoms with van der Waals surface area (Å²) in [5, 5.41) is 0. The second-order valence-electron chi connectivity index (χ2n) is 2.89. The fraction of sp³-hybridized carbons (Fsp3) is 0.400. The van der Waals surface area contributed by atoms with Crippen molar-refractivity contribution in [3.63, 3.8) is 0 Å². The molecule has 0 N–H and O–H groups in total. The highest BCUT2D eigenvalue weighted by Gasteiger charge is 2.08. The number of benzene rings is 1. The van der Waals surface area contributed by atoms with E-state index >= 15 is 0 Å². The summed E-state index contributed by atoms with van der Waals surface area (Å²) in [5.41, 5.74) is 1.24. The first-order valence-electron chi connectivity index (χ1n) is 4.38. The van der Waals surface area contributed by atoms with Crippen LogP contribution in [0.2, 0.25) is 0 Å². The molecular weight excluding hydrogens is 183 g/mol. The van der Waals surface area contributed by atoms with Crippen LogP contribution >= 0.6 is 8.69 Å². The van der Waals surface area contributed by atoms with Crippen LogP contribution in [-0.2, 0) is 9.09 Å². The Hall–Kier alpha value is -0.720. The molecule has 0 aliphatic rings. The molecule has 1 aromatic rings. The van der Waals surface area contributed by atoms with Gasteiger partial charge in [-0.25, -0.2) is 4.57 Å². The average molecular weight is 196 g/mol. The summed E-state index contributed by atoms with van der Waals surface area (Å²) in [6.45, 7) is 2.62. The molecule has 0 spiro atoms. The van der Waals surface area contributed by atoms with E-state index in [0.29, 0.717) is 12.5 Å². The SMILES string of the molecule is CCC(COP=O)c1ccccc1. The maximum atomic E-state index is 10.1. The molecule has 0 heterocycles. The topological polar surface area (TPSA) is 26.3 Å². The summed E-state index contributed by atoms with van der Waals surface area (Å²) in [5.74, 6) is 0.350. The first-order chi connectivity index (χ1) is 6.38. The predicted molar refractivity (Wildman–Crippen MR) is 53.0 cm³/mol. The smallest absolute Gasteiger partial charge is 0.294 e. The van der Waals surface area contributed by atoms with Gasteiger partial charge in [-0.15, -0.1) is 0 Å². The van der Waals surface area contributed by atoms with Crippen molar-refractivity contribution in [2.45, 2.75) is 19.3 Å². The van der Waals surface area contributed by atoms with Gasteiger partial charge in [-0.2, -0.15) is 0 Å². The Morgan fingerprint density at radius 1 is 1.38 bits per heavy atom. The molecule has 1 aromatic carbocycles. The summed E-state index contributed by atoms with van der Waals surface area (Å²) < 4.78 is 15.0. The van der Waals surface area contributed by atoms with Crippen LogP contribution in [0.3, 0.4) is 0 Å². The van der Waals surface area contributed by atoms with Crippen molar-refractivity contribution < 1.29 is 9.09 Å². The van der Waals surface area contributed by atoms with E-state index in [0.717, 1.165) is 6.42 Å². The Labute approximate surface area is 80.2 Å². The van der Waals surface area contributed by atoms with Crippen molar-refractivity contribution in [3.05, 3.63) is 35.9 Å². The Kier molecular flexibility index (Phi) is 4.66. The third-order valence-electron chi connectivity index (χ3n) is 2.09. The lowest BCUT2D eigenvalue weighted by Gasteiger charge is -2.12. The molecule has 0 amide bonds. The zero-order chi connectivity index (χ0) is 9.52. The standard InChI is InChI=1S/C10H13O2P/c1-2-9(8-12-13-11)10-6-4-3-5-7-10/h3-7,9H,2,8H2,1H3. The van der Waals surface area contributed by atoms with Crippen LogP contribution in [0.25, 0.3) is 0 Å². The molecule has 0 saturated heterocycles. The van der Waals surface area contributed by atoms with Crippen molar-refractivity contribution in [1.29, 1.82) is 0 Å². The van der Waals surface area contributed by atoms with Gasteiger partial charge in [-0.1, -0.05) is 37.3 Å². The van der Waals surface area contributed by atoms with E-state index < -0.39 is 0 Å². The van der Waals surface area contributed by atoms with Crippen LogP contribution in [0.1, 0.15) is 24.8 Å². The van der Waals surface area contributed by atoms with Gasteiger partial charge in [0, 0.05) is 5.92 Å². The predicted octanol–water partition coefficient (Wildman–Crippen LogP) is 3.40. The van der Waals surface area contributed by atoms with Crippen molar-refractivity contribution in [2.24, 2.45) is 0 Å². The van der Waals surface area contributed by atoms with Crippen LogP contribution in [0, 0.1) is 0 Å². The first kappa shape index (κ1) is 10.4. The quantitative estimate of drug-likeness (QED) is 0.674. The van der Waals surface area contributed by atoms with Gasteiger partial charge in [-0.05, 0) is 12.0 Å². The highest BCUT2D eigenvalue weighted by atomic mass is 31.1. The molecule has 0 aromatic heterocycles. The monoisotopic (exact) mass is 196 g/mol. The lowest BCUT2D eigenvalue weighted by molar-refractivity contribution is 0.308. The van der Waals surface area contributed by atoms with E-state index in [9.17, 15) is 4.57 Å². The van der Waals surface area contributed by atoms with Crippen molar-refractivity contribution >= 4 is 8.69 Å². The van der Waals surface area contributed by atoms with Gasteiger partial charge < -0.3 is 0 Å². The second-order valence-corrected chi connectivity index (χ2v) is 3.29. The van der Waals surface area contributed by atoms with Gasteiger partial charge in [0.05, 0.1) is 6.61 Å².